The quantitative estimate of drug-likeness (QED) is 0.661. The number of rotatable bonds is 6. The number of halogens is 2. The van der Waals surface area contributed by atoms with Crippen molar-refractivity contribution < 1.29 is 8.78 Å². The zero-order chi connectivity index (χ0) is 11.2. The maximum Gasteiger partial charge on any atom is 0.266 e. The molecular formula is C11H21F2N. The predicted octanol–water partition coefficient (Wildman–Crippen LogP) is 3.35. The molecule has 1 nitrogen and oxygen atoms in total. The number of hydrogen-bond donors (Lipinski definition) is 1. The van der Waals surface area contributed by atoms with Gasteiger partial charge in [-0.25, -0.2) is 8.78 Å². The summed E-state index contributed by atoms with van der Waals surface area (Å²) in [5.41, 5.74) is 5.58. The summed E-state index contributed by atoms with van der Waals surface area (Å²) in [6, 6.07) is 0. The summed E-state index contributed by atoms with van der Waals surface area (Å²) in [5.74, 6) is -2.65. The average molecular weight is 205 g/mol. The molecule has 0 bridgehead atoms. The fraction of sp³-hybridized carbons (Fsp3) is 0.818. The Hall–Kier alpha value is -0.440. The van der Waals surface area contributed by atoms with Gasteiger partial charge in [0.25, 0.3) is 5.92 Å². The van der Waals surface area contributed by atoms with Crippen LogP contribution >= 0.6 is 0 Å². The van der Waals surface area contributed by atoms with E-state index in [1.54, 1.807) is 6.08 Å². The Kier molecular flexibility index (Phi) is 5.27. The maximum absolute atomic E-state index is 12.7. The van der Waals surface area contributed by atoms with Gasteiger partial charge in [0.1, 0.15) is 0 Å². The highest BCUT2D eigenvalue weighted by Gasteiger charge is 2.21. The topological polar surface area (TPSA) is 26.0 Å². The Morgan fingerprint density at radius 3 is 2.29 bits per heavy atom. The van der Waals surface area contributed by atoms with E-state index in [4.69, 9.17) is 5.73 Å². The molecule has 0 aliphatic rings. The third kappa shape index (κ3) is 6.08. The fourth-order valence-corrected chi connectivity index (χ4v) is 0.950. The van der Waals surface area contributed by atoms with Crippen molar-refractivity contribution in [2.45, 2.75) is 46.0 Å². The van der Waals surface area contributed by atoms with Gasteiger partial charge in [0.05, 0.1) is 0 Å². The van der Waals surface area contributed by atoms with Crippen molar-refractivity contribution in [2.75, 3.05) is 6.54 Å². The summed E-state index contributed by atoms with van der Waals surface area (Å²) >= 11 is 0. The lowest BCUT2D eigenvalue weighted by atomic mass is 9.88. The normalized spacial score (nSPS) is 13.9. The van der Waals surface area contributed by atoms with Crippen LogP contribution in [0.1, 0.15) is 40.0 Å². The summed E-state index contributed by atoms with van der Waals surface area (Å²) in [4.78, 5) is 0. The lowest BCUT2D eigenvalue weighted by Gasteiger charge is -2.21. The van der Waals surface area contributed by atoms with Gasteiger partial charge in [-0.05, 0) is 30.9 Å². The Balaban J connectivity index is 3.85. The van der Waals surface area contributed by atoms with Gasteiger partial charge < -0.3 is 5.73 Å². The van der Waals surface area contributed by atoms with Crippen LogP contribution < -0.4 is 5.73 Å². The van der Waals surface area contributed by atoms with Crippen molar-refractivity contribution >= 4 is 0 Å². The maximum atomic E-state index is 12.7. The van der Waals surface area contributed by atoms with Crippen LogP contribution in [0.2, 0.25) is 0 Å². The lowest BCUT2D eigenvalue weighted by molar-refractivity contribution is 0.0507. The second-order valence-corrected chi connectivity index (χ2v) is 4.42. The van der Waals surface area contributed by atoms with E-state index in [1.807, 2.05) is 13.8 Å². The van der Waals surface area contributed by atoms with E-state index in [9.17, 15) is 8.78 Å². The first-order valence-electron chi connectivity index (χ1n) is 5.08. The van der Waals surface area contributed by atoms with E-state index in [1.165, 1.54) is 6.92 Å². The number of hydrogen-bond acceptors (Lipinski definition) is 1. The first-order valence-corrected chi connectivity index (χ1v) is 5.08. The summed E-state index contributed by atoms with van der Waals surface area (Å²) in [7, 11) is 0. The molecule has 0 aromatic heterocycles. The molecule has 0 aliphatic carbocycles. The van der Waals surface area contributed by atoms with E-state index < -0.39 is 5.92 Å². The largest absolute Gasteiger partial charge is 0.330 e. The van der Waals surface area contributed by atoms with E-state index in [2.05, 4.69) is 0 Å². The summed E-state index contributed by atoms with van der Waals surface area (Å²) in [6.45, 7) is 6.15. The molecule has 0 heterocycles. The highest BCUT2D eigenvalue weighted by Crippen LogP contribution is 2.23. The third-order valence-electron chi connectivity index (χ3n) is 2.37. The van der Waals surface area contributed by atoms with Crippen LogP contribution in [0.5, 0.6) is 0 Å². The van der Waals surface area contributed by atoms with Crippen molar-refractivity contribution in [3.8, 4) is 0 Å². The first kappa shape index (κ1) is 13.6. The molecule has 3 heteroatoms. The molecule has 0 atom stereocenters. The third-order valence-corrected chi connectivity index (χ3v) is 2.37. The molecule has 14 heavy (non-hydrogen) atoms. The Morgan fingerprint density at radius 1 is 1.29 bits per heavy atom. The van der Waals surface area contributed by atoms with Gasteiger partial charge >= 0.3 is 0 Å². The average Bonchev–Trinajstić information content (AvgIpc) is 2.13. The van der Waals surface area contributed by atoms with Gasteiger partial charge in [-0.15, -0.1) is 0 Å². The molecule has 0 aromatic rings. The Labute approximate surface area is 85.4 Å². The molecular weight excluding hydrogens is 184 g/mol. The Morgan fingerprint density at radius 2 is 1.86 bits per heavy atom. The van der Waals surface area contributed by atoms with Gasteiger partial charge in [-0.2, -0.15) is 0 Å². The second kappa shape index (κ2) is 5.44. The molecule has 0 saturated carbocycles. The van der Waals surface area contributed by atoms with E-state index >= 15 is 0 Å². The van der Waals surface area contributed by atoms with Crippen LogP contribution in [0.25, 0.3) is 0 Å². The van der Waals surface area contributed by atoms with Crippen LogP contribution in [0.3, 0.4) is 0 Å². The summed E-state index contributed by atoms with van der Waals surface area (Å²) < 4.78 is 25.5. The van der Waals surface area contributed by atoms with Crippen LogP contribution in [0.4, 0.5) is 8.78 Å². The minimum atomic E-state index is -2.65. The smallest absolute Gasteiger partial charge is 0.266 e. The van der Waals surface area contributed by atoms with Crippen molar-refractivity contribution in [1.82, 2.24) is 0 Å². The molecule has 0 saturated heterocycles. The minimum absolute atomic E-state index is 0.0475. The zero-order valence-corrected chi connectivity index (χ0v) is 9.32. The molecule has 0 fully saturated rings. The fourth-order valence-electron chi connectivity index (χ4n) is 0.950. The van der Waals surface area contributed by atoms with E-state index in [0.29, 0.717) is 13.0 Å². The van der Waals surface area contributed by atoms with Gasteiger partial charge in [0.15, 0.2) is 0 Å². The molecule has 0 unspecified atom stereocenters. The van der Waals surface area contributed by atoms with Crippen LogP contribution in [0, 0.1) is 5.41 Å². The first-order chi connectivity index (χ1) is 6.33. The lowest BCUT2D eigenvalue weighted by Crippen LogP contribution is -2.23. The van der Waals surface area contributed by atoms with Gasteiger partial charge in [-0.1, -0.05) is 26.8 Å². The second-order valence-electron chi connectivity index (χ2n) is 4.42. The number of nitrogens with two attached hydrogens (primary N) is 1. The van der Waals surface area contributed by atoms with Crippen LogP contribution in [-0.2, 0) is 0 Å². The summed E-state index contributed by atoms with van der Waals surface area (Å²) in [5, 5.41) is 0. The van der Waals surface area contributed by atoms with Crippen LogP contribution in [-0.4, -0.2) is 12.5 Å². The van der Waals surface area contributed by atoms with Crippen molar-refractivity contribution in [3.63, 3.8) is 0 Å². The van der Waals surface area contributed by atoms with Crippen molar-refractivity contribution in [1.29, 1.82) is 0 Å². The Bertz CT molecular complexity index is 186. The zero-order valence-electron chi connectivity index (χ0n) is 9.32. The molecule has 0 spiro atoms. The van der Waals surface area contributed by atoms with Crippen LogP contribution in [0.15, 0.2) is 12.2 Å². The van der Waals surface area contributed by atoms with E-state index in [0.717, 1.165) is 12.5 Å². The molecule has 2 N–H and O–H groups in total. The monoisotopic (exact) mass is 205 g/mol. The van der Waals surface area contributed by atoms with Crippen molar-refractivity contribution in [3.05, 3.63) is 12.2 Å². The molecule has 0 radical (unpaired) electrons. The van der Waals surface area contributed by atoms with Gasteiger partial charge in [0.2, 0.25) is 0 Å². The number of alkyl halides is 2. The molecule has 0 rings (SSSR count). The predicted molar refractivity (Wildman–Crippen MR) is 56.4 cm³/mol. The molecule has 0 aromatic carbocycles. The van der Waals surface area contributed by atoms with Gasteiger partial charge in [0, 0.05) is 6.42 Å². The SMILES string of the molecule is CCC(F)(F)/C=C/CCC(C)(C)CN. The van der Waals surface area contributed by atoms with Gasteiger partial charge in [-0.3, -0.25) is 0 Å². The highest BCUT2D eigenvalue weighted by molar-refractivity contribution is 4.94. The highest BCUT2D eigenvalue weighted by atomic mass is 19.3. The number of allylic oxidation sites excluding steroid dienone is 2. The minimum Gasteiger partial charge on any atom is -0.330 e. The van der Waals surface area contributed by atoms with E-state index in [-0.39, 0.29) is 11.8 Å². The standard InChI is InChI=1S/C11H21F2N/c1-4-11(12,13)8-6-5-7-10(2,3)9-14/h6,8H,4-5,7,9,14H2,1-3H3/b8-6+. The molecule has 84 valence electrons. The van der Waals surface area contributed by atoms with Crippen molar-refractivity contribution in [2.24, 2.45) is 11.1 Å². The molecule has 0 aliphatic heterocycles. The molecule has 0 amide bonds. The summed E-state index contributed by atoms with van der Waals surface area (Å²) in [6.07, 6.45) is 3.93.